The van der Waals surface area contributed by atoms with Gasteiger partial charge in [-0.1, -0.05) is 54.2 Å². The van der Waals surface area contributed by atoms with Gasteiger partial charge >= 0.3 is 5.97 Å². The third-order valence-corrected chi connectivity index (χ3v) is 5.74. The number of fused-ring (bicyclic) bond motifs is 1. The largest absolute Gasteiger partial charge is 0.467 e. The summed E-state index contributed by atoms with van der Waals surface area (Å²) in [6, 6.07) is 20.6. The van der Waals surface area contributed by atoms with Crippen molar-refractivity contribution in [3.05, 3.63) is 95.3 Å². The molecule has 28 heavy (non-hydrogen) atoms. The van der Waals surface area contributed by atoms with Crippen LogP contribution in [0.2, 0.25) is 0 Å². The lowest BCUT2D eigenvalue weighted by atomic mass is 9.83. The molecule has 3 aromatic carbocycles. The van der Waals surface area contributed by atoms with Gasteiger partial charge in [-0.3, -0.25) is 4.79 Å². The van der Waals surface area contributed by atoms with Gasteiger partial charge in [-0.25, -0.2) is 9.18 Å². The molecule has 0 saturated carbocycles. The molecular weight excluding hydrogens is 377 g/mol. The summed E-state index contributed by atoms with van der Waals surface area (Å²) in [6.45, 7) is 0. The number of benzene rings is 3. The van der Waals surface area contributed by atoms with Gasteiger partial charge in [0, 0.05) is 20.9 Å². The van der Waals surface area contributed by atoms with Crippen LogP contribution in [0.25, 0.3) is 0 Å². The highest BCUT2D eigenvalue weighted by atomic mass is 32.2. The molecule has 4 rings (SSSR count). The zero-order valence-corrected chi connectivity index (χ0v) is 15.8. The number of halogens is 1. The van der Waals surface area contributed by atoms with Crippen LogP contribution in [0.4, 0.5) is 4.39 Å². The summed E-state index contributed by atoms with van der Waals surface area (Å²) >= 11 is 1.25. The van der Waals surface area contributed by atoms with E-state index in [9.17, 15) is 14.0 Å². The average molecular weight is 393 g/mol. The van der Waals surface area contributed by atoms with Crippen LogP contribution < -0.4 is 5.32 Å². The van der Waals surface area contributed by atoms with Crippen molar-refractivity contribution < 1.29 is 18.7 Å². The topological polar surface area (TPSA) is 55.4 Å². The van der Waals surface area contributed by atoms with Crippen molar-refractivity contribution in [3.8, 4) is 0 Å². The lowest BCUT2D eigenvalue weighted by Gasteiger charge is -2.28. The number of ether oxygens (including phenoxy) is 1. The molecule has 140 valence electrons. The van der Waals surface area contributed by atoms with Gasteiger partial charge in [0.2, 0.25) is 0 Å². The first kappa shape index (κ1) is 18.3. The standard InChI is InChI=1S/C22H16FNO3S/c1-27-21(26)22(17-10-6-5-9-16(17)20(25)24-22)14-11-12-18(23)19(13-14)28-15-7-3-2-4-8-15/h2-13H,1H3,(H,24,25). The lowest BCUT2D eigenvalue weighted by Crippen LogP contribution is -2.48. The number of carbonyl (C=O) groups excluding carboxylic acids is 2. The van der Waals surface area contributed by atoms with Gasteiger partial charge in [-0.05, 0) is 35.9 Å². The van der Waals surface area contributed by atoms with E-state index in [-0.39, 0.29) is 5.91 Å². The normalized spacial score (nSPS) is 17.7. The molecule has 0 aromatic heterocycles. The fourth-order valence-corrected chi connectivity index (χ4v) is 4.30. The second-order valence-electron chi connectivity index (χ2n) is 6.30. The van der Waals surface area contributed by atoms with Crippen LogP contribution in [-0.2, 0) is 15.1 Å². The van der Waals surface area contributed by atoms with Crippen molar-refractivity contribution in [1.29, 1.82) is 0 Å². The molecule has 6 heteroatoms. The van der Waals surface area contributed by atoms with Gasteiger partial charge in [-0.2, -0.15) is 0 Å². The summed E-state index contributed by atoms with van der Waals surface area (Å²) < 4.78 is 19.5. The number of nitrogens with one attached hydrogen (secondary N) is 1. The fourth-order valence-electron chi connectivity index (χ4n) is 3.40. The van der Waals surface area contributed by atoms with E-state index in [1.807, 2.05) is 30.3 Å². The van der Waals surface area contributed by atoms with Crippen molar-refractivity contribution in [2.24, 2.45) is 0 Å². The van der Waals surface area contributed by atoms with Crippen molar-refractivity contribution in [2.45, 2.75) is 15.3 Å². The first-order valence-electron chi connectivity index (χ1n) is 8.59. The third-order valence-electron chi connectivity index (χ3n) is 4.70. The Bertz CT molecular complexity index is 1070. The van der Waals surface area contributed by atoms with Crippen LogP contribution in [0, 0.1) is 5.82 Å². The smallest absolute Gasteiger partial charge is 0.341 e. The highest BCUT2D eigenvalue weighted by molar-refractivity contribution is 7.99. The van der Waals surface area contributed by atoms with Gasteiger partial charge in [-0.15, -0.1) is 0 Å². The highest BCUT2D eigenvalue weighted by Crippen LogP contribution is 2.40. The summed E-state index contributed by atoms with van der Waals surface area (Å²) in [7, 11) is 1.26. The molecule has 1 aliphatic heterocycles. The maximum absolute atomic E-state index is 14.5. The van der Waals surface area contributed by atoms with Crippen molar-refractivity contribution in [1.82, 2.24) is 5.32 Å². The van der Waals surface area contributed by atoms with Crippen molar-refractivity contribution in [3.63, 3.8) is 0 Å². The van der Waals surface area contributed by atoms with E-state index >= 15 is 0 Å². The Kier molecular flexibility index (Phi) is 4.65. The highest BCUT2D eigenvalue weighted by Gasteiger charge is 2.51. The zero-order chi connectivity index (χ0) is 19.7. The first-order valence-corrected chi connectivity index (χ1v) is 9.41. The van der Waals surface area contributed by atoms with E-state index in [1.165, 1.54) is 31.0 Å². The van der Waals surface area contributed by atoms with Gasteiger partial charge < -0.3 is 10.1 Å². The van der Waals surface area contributed by atoms with Crippen LogP contribution in [0.5, 0.6) is 0 Å². The SMILES string of the molecule is COC(=O)C1(c2ccc(F)c(Sc3ccccc3)c2)NC(=O)c2ccccc21. The molecule has 3 aromatic rings. The van der Waals surface area contributed by atoms with E-state index in [2.05, 4.69) is 5.32 Å². The van der Waals surface area contributed by atoms with Crippen LogP contribution in [0.3, 0.4) is 0 Å². The number of amides is 1. The van der Waals surface area contributed by atoms with Crippen molar-refractivity contribution >= 4 is 23.6 Å². The number of hydrogen-bond acceptors (Lipinski definition) is 4. The molecule has 1 heterocycles. The quantitative estimate of drug-likeness (QED) is 0.677. The third kappa shape index (κ3) is 2.86. The minimum Gasteiger partial charge on any atom is -0.467 e. The number of hydrogen-bond donors (Lipinski definition) is 1. The van der Waals surface area contributed by atoms with Gasteiger partial charge in [0.15, 0.2) is 5.54 Å². The van der Waals surface area contributed by atoms with Crippen LogP contribution in [0.1, 0.15) is 21.5 Å². The Morgan fingerprint density at radius 2 is 1.75 bits per heavy atom. The predicted octanol–water partition coefficient (Wildman–Crippen LogP) is 4.14. The molecule has 4 nitrogen and oxygen atoms in total. The molecule has 0 bridgehead atoms. The minimum atomic E-state index is -1.51. The summed E-state index contributed by atoms with van der Waals surface area (Å²) in [4.78, 5) is 26.6. The first-order chi connectivity index (χ1) is 13.6. The zero-order valence-electron chi connectivity index (χ0n) is 14.9. The minimum absolute atomic E-state index is 0.352. The molecule has 1 aliphatic rings. The van der Waals surface area contributed by atoms with Gasteiger partial charge in [0.05, 0.1) is 7.11 Å². The second-order valence-corrected chi connectivity index (χ2v) is 7.42. The Hall–Kier alpha value is -3.12. The fraction of sp³-hybridized carbons (Fsp3) is 0.0909. The Morgan fingerprint density at radius 1 is 1.04 bits per heavy atom. The molecule has 0 saturated heterocycles. The summed E-state index contributed by atoms with van der Waals surface area (Å²) in [5.41, 5.74) is -0.177. The summed E-state index contributed by atoms with van der Waals surface area (Å²) in [5.74, 6) is -1.41. The molecule has 1 amide bonds. The molecule has 0 aliphatic carbocycles. The van der Waals surface area contributed by atoms with E-state index in [1.54, 1.807) is 30.3 Å². The number of esters is 1. The number of rotatable bonds is 4. The average Bonchev–Trinajstić information content (AvgIpc) is 3.04. The van der Waals surface area contributed by atoms with Crippen LogP contribution in [0.15, 0.2) is 82.6 Å². The summed E-state index contributed by atoms with van der Waals surface area (Å²) in [5, 5.41) is 2.77. The molecule has 0 spiro atoms. The second kappa shape index (κ2) is 7.13. The molecular formula is C22H16FNO3S. The Labute approximate surface area is 165 Å². The van der Waals surface area contributed by atoms with E-state index < -0.39 is 17.3 Å². The van der Waals surface area contributed by atoms with E-state index in [0.29, 0.717) is 21.6 Å². The van der Waals surface area contributed by atoms with Crippen LogP contribution in [-0.4, -0.2) is 19.0 Å². The molecule has 1 unspecified atom stereocenters. The van der Waals surface area contributed by atoms with Gasteiger partial charge in [0.1, 0.15) is 5.82 Å². The van der Waals surface area contributed by atoms with Gasteiger partial charge in [0.25, 0.3) is 5.91 Å². The van der Waals surface area contributed by atoms with E-state index in [0.717, 1.165) is 4.90 Å². The maximum atomic E-state index is 14.5. The number of methoxy groups -OCH3 is 1. The molecule has 1 N–H and O–H groups in total. The maximum Gasteiger partial charge on any atom is 0.341 e. The predicted molar refractivity (Wildman–Crippen MR) is 104 cm³/mol. The Morgan fingerprint density at radius 3 is 2.50 bits per heavy atom. The molecule has 0 fully saturated rings. The Balaban J connectivity index is 1.87. The monoisotopic (exact) mass is 393 g/mol. The lowest BCUT2D eigenvalue weighted by molar-refractivity contribution is -0.146. The van der Waals surface area contributed by atoms with Crippen LogP contribution >= 0.6 is 11.8 Å². The summed E-state index contributed by atoms with van der Waals surface area (Å²) in [6.07, 6.45) is 0. The number of carbonyl (C=O) groups is 2. The molecule has 0 radical (unpaired) electrons. The molecule has 1 atom stereocenters. The van der Waals surface area contributed by atoms with Crippen molar-refractivity contribution in [2.75, 3.05) is 7.11 Å². The van der Waals surface area contributed by atoms with E-state index in [4.69, 9.17) is 4.74 Å².